The number of nitrogens with one attached hydrogen (secondary N) is 3. The first-order chi connectivity index (χ1) is 8.45. The molecule has 100 valence electrons. The van der Waals surface area contributed by atoms with E-state index in [1.807, 2.05) is 0 Å². The van der Waals surface area contributed by atoms with Gasteiger partial charge in [-0.05, 0) is 12.1 Å². The van der Waals surface area contributed by atoms with E-state index >= 15 is 0 Å². The van der Waals surface area contributed by atoms with Gasteiger partial charge in [-0.15, -0.1) is 0 Å². The summed E-state index contributed by atoms with van der Waals surface area (Å²) < 4.78 is 25.9. The number of pyridine rings is 1. The highest BCUT2D eigenvalue weighted by Crippen LogP contribution is 2.09. The third-order valence-corrected chi connectivity index (χ3v) is 3.54. The number of sulfonamides is 1. The molecule has 0 saturated carbocycles. The molecule has 1 aromatic rings. The molecule has 0 aromatic carbocycles. The van der Waals surface area contributed by atoms with Gasteiger partial charge in [0, 0.05) is 33.3 Å². The number of amides is 1. The number of rotatable bonds is 6. The molecular formula is C10H16N4O3S. The van der Waals surface area contributed by atoms with Gasteiger partial charge in [-0.3, -0.25) is 4.79 Å². The standard InChI is InChI=1S/C10H16N4O3S/c1-8(15)12-5-6-14-18(16,17)9-3-4-10(11-2)13-7-9/h3-4,7,14H,5-6H2,1-2H3,(H,11,13)(H,12,15). The molecule has 0 atom stereocenters. The van der Waals surface area contributed by atoms with Crippen molar-refractivity contribution in [2.75, 3.05) is 25.5 Å². The Balaban J connectivity index is 2.59. The predicted molar refractivity (Wildman–Crippen MR) is 67.7 cm³/mol. The number of aromatic nitrogens is 1. The maximum atomic E-state index is 11.8. The number of anilines is 1. The lowest BCUT2D eigenvalue weighted by molar-refractivity contribution is -0.118. The van der Waals surface area contributed by atoms with Crippen LogP contribution in [-0.4, -0.2) is 39.4 Å². The van der Waals surface area contributed by atoms with Gasteiger partial charge >= 0.3 is 0 Å². The van der Waals surface area contributed by atoms with Crippen molar-refractivity contribution in [3.8, 4) is 0 Å². The van der Waals surface area contributed by atoms with Crippen LogP contribution in [-0.2, 0) is 14.8 Å². The molecule has 0 unspecified atom stereocenters. The van der Waals surface area contributed by atoms with Crippen molar-refractivity contribution >= 4 is 21.7 Å². The van der Waals surface area contributed by atoms with Crippen molar-refractivity contribution in [1.82, 2.24) is 15.0 Å². The van der Waals surface area contributed by atoms with Crippen molar-refractivity contribution in [2.24, 2.45) is 0 Å². The third kappa shape index (κ3) is 4.30. The average molecular weight is 272 g/mol. The molecule has 0 aliphatic rings. The van der Waals surface area contributed by atoms with Gasteiger partial charge in [0.1, 0.15) is 10.7 Å². The fourth-order valence-electron chi connectivity index (χ4n) is 1.19. The molecule has 0 radical (unpaired) electrons. The summed E-state index contributed by atoms with van der Waals surface area (Å²) in [5.41, 5.74) is 0. The lowest BCUT2D eigenvalue weighted by Crippen LogP contribution is -2.33. The summed E-state index contributed by atoms with van der Waals surface area (Å²) in [6, 6.07) is 3.03. The first kappa shape index (κ1) is 14.4. The van der Waals surface area contributed by atoms with Crippen LogP contribution in [0.3, 0.4) is 0 Å². The minimum atomic E-state index is -3.57. The summed E-state index contributed by atoms with van der Waals surface area (Å²) in [4.78, 5) is 14.6. The van der Waals surface area contributed by atoms with Crippen molar-refractivity contribution in [2.45, 2.75) is 11.8 Å². The van der Waals surface area contributed by atoms with Gasteiger partial charge in [0.2, 0.25) is 15.9 Å². The van der Waals surface area contributed by atoms with E-state index in [2.05, 4.69) is 20.3 Å². The van der Waals surface area contributed by atoms with Crippen LogP contribution in [0.1, 0.15) is 6.92 Å². The van der Waals surface area contributed by atoms with Crippen LogP contribution in [0.15, 0.2) is 23.2 Å². The Morgan fingerprint density at radius 1 is 1.33 bits per heavy atom. The van der Waals surface area contributed by atoms with Crippen LogP contribution in [0.4, 0.5) is 5.82 Å². The molecule has 8 heteroatoms. The molecule has 0 spiro atoms. The summed E-state index contributed by atoms with van der Waals surface area (Å²) in [6.45, 7) is 1.75. The SMILES string of the molecule is CNc1ccc(S(=O)(=O)NCCNC(C)=O)cn1. The maximum absolute atomic E-state index is 11.8. The van der Waals surface area contributed by atoms with E-state index in [0.717, 1.165) is 0 Å². The third-order valence-electron chi connectivity index (χ3n) is 2.09. The Bertz CT molecular complexity index is 498. The molecule has 0 fully saturated rings. The highest BCUT2D eigenvalue weighted by molar-refractivity contribution is 7.89. The summed E-state index contributed by atoms with van der Waals surface area (Å²) in [7, 11) is -1.88. The van der Waals surface area contributed by atoms with Gasteiger partial charge in [-0.1, -0.05) is 0 Å². The van der Waals surface area contributed by atoms with E-state index in [1.165, 1.54) is 19.2 Å². The highest BCUT2D eigenvalue weighted by Gasteiger charge is 2.13. The maximum Gasteiger partial charge on any atom is 0.242 e. The van der Waals surface area contributed by atoms with Crippen molar-refractivity contribution < 1.29 is 13.2 Å². The first-order valence-electron chi connectivity index (χ1n) is 5.33. The lowest BCUT2D eigenvalue weighted by Gasteiger charge is -2.07. The summed E-state index contributed by atoms with van der Waals surface area (Å²) >= 11 is 0. The molecule has 3 N–H and O–H groups in total. The molecule has 7 nitrogen and oxygen atoms in total. The normalized spacial score (nSPS) is 11.0. The number of carbonyl (C=O) groups excluding carboxylic acids is 1. The number of nitrogens with zero attached hydrogens (tertiary/aromatic N) is 1. The van der Waals surface area contributed by atoms with Gasteiger partial charge in [-0.2, -0.15) is 0 Å². The molecule has 1 amide bonds. The lowest BCUT2D eigenvalue weighted by atomic mass is 10.5. The van der Waals surface area contributed by atoms with Crippen molar-refractivity contribution in [3.05, 3.63) is 18.3 Å². The Morgan fingerprint density at radius 2 is 2.06 bits per heavy atom. The molecule has 0 saturated heterocycles. The van der Waals surface area contributed by atoms with Crippen molar-refractivity contribution in [3.63, 3.8) is 0 Å². The van der Waals surface area contributed by atoms with Gasteiger partial charge in [0.05, 0.1) is 0 Å². The smallest absolute Gasteiger partial charge is 0.242 e. The van der Waals surface area contributed by atoms with E-state index in [1.54, 1.807) is 13.1 Å². The molecule has 1 rings (SSSR count). The van der Waals surface area contributed by atoms with Crippen LogP contribution >= 0.6 is 0 Å². The van der Waals surface area contributed by atoms with Gasteiger partial charge < -0.3 is 10.6 Å². The largest absolute Gasteiger partial charge is 0.373 e. The van der Waals surface area contributed by atoms with E-state index in [-0.39, 0.29) is 23.9 Å². The zero-order valence-corrected chi connectivity index (χ0v) is 11.0. The fourth-order valence-corrected chi connectivity index (χ4v) is 2.17. The molecule has 0 bridgehead atoms. The Labute approximate surface area is 106 Å². The molecule has 18 heavy (non-hydrogen) atoms. The van der Waals surface area contributed by atoms with Crippen molar-refractivity contribution in [1.29, 1.82) is 0 Å². The molecule has 1 heterocycles. The summed E-state index contributed by atoms with van der Waals surface area (Å²) in [6.07, 6.45) is 1.27. The zero-order chi connectivity index (χ0) is 13.6. The van der Waals surface area contributed by atoms with E-state index < -0.39 is 10.0 Å². The van der Waals surface area contributed by atoms with Crippen LogP contribution in [0.25, 0.3) is 0 Å². The Kier molecular flexibility index (Phi) is 5.05. The predicted octanol–water partition coefficient (Wildman–Crippen LogP) is -0.462. The molecule has 0 aliphatic heterocycles. The minimum Gasteiger partial charge on any atom is -0.373 e. The fraction of sp³-hybridized carbons (Fsp3) is 0.400. The average Bonchev–Trinajstić information content (AvgIpc) is 2.34. The van der Waals surface area contributed by atoms with Gasteiger partial charge in [0.15, 0.2) is 0 Å². The first-order valence-corrected chi connectivity index (χ1v) is 6.82. The summed E-state index contributed by atoms with van der Waals surface area (Å²) in [5, 5.41) is 5.29. The minimum absolute atomic E-state index is 0.0873. The van der Waals surface area contributed by atoms with E-state index in [0.29, 0.717) is 5.82 Å². The van der Waals surface area contributed by atoms with Crippen LogP contribution in [0.5, 0.6) is 0 Å². The Hall–Kier alpha value is -1.67. The van der Waals surface area contributed by atoms with Gasteiger partial charge in [-0.25, -0.2) is 18.1 Å². The van der Waals surface area contributed by atoms with Crippen LogP contribution < -0.4 is 15.4 Å². The van der Waals surface area contributed by atoms with Gasteiger partial charge in [0.25, 0.3) is 0 Å². The summed E-state index contributed by atoms with van der Waals surface area (Å²) in [5.74, 6) is 0.390. The quantitative estimate of drug-likeness (QED) is 0.608. The molecule has 1 aromatic heterocycles. The van der Waals surface area contributed by atoms with Crippen LogP contribution in [0, 0.1) is 0 Å². The Morgan fingerprint density at radius 3 is 2.56 bits per heavy atom. The second kappa shape index (κ2) is 6.31. The second-order valence-electron chi connectivity index (χ2n) is 3.51. The van der Waals surface area contributed by atoms with Crippen LogP contribution in [0.2, 0.25) is 0 Å². The zero-order valence-electron chi connectivity index (χ0n) is 10.2. The molecule has 0 aliphatic carbocycles. The number of hydrogen-bond acceptors (Lipinski definition) is 5. The highest BCUT2D eigenvalue weighted by atomic mass is 32.2. The number of hydrogen-bond donors (Lipinski definition) is 3. The molecular weight excluding hydrogens is 256 g/mol. The second-order valence-corrected chi connectivity index (χ2v) is 5.28. The van der Waals surface area contributed by atoms with E-state index in [9.17, 15) is 13.2 Å². The number of carbonyl (C=O) groups is 1. The topological polar surface area (TPSA) is 100 Å². The monoisotopic (exact) mass is 272 g/mol. The van der Waals surface area contributed by atoms with E-state index in [4.69, 9.17) is 0 Å².